The number of hydrogen-bond acceptors (Lipinski definition) is 7. The molecule has 0 aliphatic carbocycles. The molecule has 0 saturated heterocycles. The van der Waals surface area contributed by atoms with E-state index in [0.717, 1.165) is 0 Å². The van der Waals surface area contributed by atoms with Gasteiger partial charge in [0.2, 0.25) is 11.7 Å². The molecule has 3 N–H and O–H groups in total. The van der Waals surface area contributed by atoms with Gasteiger partial charge in [-0.2, -0.15) is 24.1 Å². The quantitative estimate of drug-likeness (QED) is 0.611. The van der Waals surface area contributed by atoms with Gasteiger partial charge in [0.25, 0.3) is 0 Å². The van der Waals surface area contributed by atoms with Gasteiger partial charge in [0, 0.05) is 6.92 Å². The third kappa shape index (κ3) is 3.71. The number of rotatable bonds is 6. The molecule has 0 saturated carbocycles. The molecule has 11 heteroatoms. The first-order valence-electron chi connectivity index (χ1n) is 7.24. The lowest BCUT2D eigenvalue weighted by Gasteiger charge is -2.16. The lowest BCUT2D eigenvalue weighted by Crippen LogP contribution is -2.18. The Hall–Kier alpha value is -3.63. The number of aromatic nitrogens is 5. The third-order valence-corrected chi connectivity index (χ3v) is 3.10. The van der Waals surface area contributed by atoms with E-state index in [0.29, 0.717) is 6.92 Å². The van der Waals surface area contributed by atoms with Gasteiger partial charge in [0.15, 0.2) is 17.2 Å². The number of halogens is 2. The summed E-state index contributed by atoms with van der Waals surface area (Å²) in [6, 6.07) is 8.06. The van der Waals surface area contributed by atoms with Crippen LogP contribution in [0.4, 0.5) is 20.4 Å². The van der Waals surface area contributed by atoms with Crippen LogP contribution in [0.2, 0.25) is 0 Å². The molecule has 9 nitrogen and oxygen atoms in total. The molecule has 0 spiro atoms. The molecule has 3 aromatic rings. The number of ether oxygens (including phenoxy) is 1. The monoisotopic (exact) mass is 362 g/mol. The predicted molar refractivity (Wildman–Crippen MR) is 84.7 cm³/mol. The molecule has 2 aromatic heterocycles. The number of H-pyrrole nitrogens is 1. The molecule has 0 amide bonds. The normalized spacial score (nSPS) is 11.2. The SMILES string of the molecule is CC(F)(F)c1nc(Nc2cn[nH]n2)c(C(=O)O)c(Oc2ccccc2)n1. The van der Waals surface area contributed by atoms with Crippen LogP contribution in [0, 0.1) is 0 Å². The van der Waals surface area contributed by atoms with Crippen molar-refractivity contribution < 1.29 is 23.4 Å². The van der Waals surface area contributed by atoms with E-state index in [9.17, 15) is 18.7 Å². The van der Waals surface area contributed by atoms with Gasteiger partial charge < -0.3 is 15.2 Å². The lowest BCUT2D eigenvalue weighted by molar-refractivity contribution is 0.00717. The van der Waals surface area contributed by atoms with Gasteiger partial charge in [0.05, 0.1) is 6.20 Å². The van der Waals surface area contributed by atoms with Crippen LogP contribution >= 0.6 is 0 Å². The zero-order chi connectivity index (χ0) is 18.7. The van der Waals surface area contributed by atoms with Crippen LogP contribution in [0.3, 0.4) is 0 Å². The third-order valence-electron chi connectivity index (χ3n) is 3.10. The molecule has 134 valence electrons. The van der Waals surface area contributed by atoms with Crippen LogP contribution in [0.1, 0.15) is 23.1 Å². The van der Waals surface area contributed by atoms with Gasteiger partial charge >= 0.3 is 11.9 Å². The summed E-state index contributed by atoms with van der Waals surface area (Å²) in [7, 11) is 0. The molecule has 0 unspecified atom stereocenters. The first-order valence-corrected chi connectivity index (χ1v) is 7.24. The van der Waals surface area contributed by atoms with E-state index in [2.05, 4.69) is 30.7 Å². The van der Waals surface area contributed by atoms with Gasteiger partial charge in [-0.25, -0.2) is 9.78 Å². The molecule has 0 radical (unpaired) electrons. The number of nitrogens with one attached hydrogen (secondary N) is 2. The summed E-state index contributed by atoms with van der Waals surface area (Å²) in [5.74, 6) is -6.40. The smallest absolute Gasteiger partial charge is 0.345 e. The zero-order valence-corrected chi connectivity index (χ0v) is 13.3. The second-order valence-corrected chi connectivity index (χ2v) is 5.16. The number of aromatic amines is 1. The van der Waals surface area contributed by atoms with Crippen LogP contribution < -0.4 is 10.1 Å². The number of hydrogen-bond donors (Lipinski definition) is 3. The number of anilines is 2. The number of alkyl halides is 2. The maximum Gasteiger partial charge on any atom is 0.345 e. The second kappa shape index (κ2) is 6.70. The number of benzene rings is 1. The van der Waals surface area contributed by atoms with E-state index in [1.54, 1.807) is 18.2 Å². The fourth-order valence-corrected chi connectivity index (χ4v) is 1.98. The summed E-state index contributed by atoms with van der Waals surface area (Å²) in [4.78, 5) is 18.9. The standard InChI is InChI=1S/C15H12F2N6O3/c1-15(16,17)14-20-11(19-9-7-18-23-22-9)10(13(24)25)12(21-14)26-8-5-3-2-4-6-8/h2-7H,1H3,(H,24,25)(H2,18,19,20,21,22,23). The maximum absolute atomic E-state index is 13.8. The Bertz CT molecular complexity index is 913. The summed E-state index contributed by atoms with van der Waals surface area (Å²) in [6.07, 6.45) is 1.23. The summed E-state index contributed by atoms with van der Waals surface area (Å²) >= 11 is 0. The molecule has 0 bridgehead atoms. The van der Waals surface area contributed by atoms with Crippen molar-refractivity contribution in [3.8, 4) is 11.6 Å². The van der Waals surface area contributed by atoms with Crippen LogP contribution in [-0.4, -0.2) is 36.5 Å². The molecule has 0 atom stereocenters. The maximum atomic E-state index is 13.8. The Morgan fingerprint density at radius 2 is 2.00 bits per heavy atom. The average Bonchev–Trinajstić information content (AvgIpc) is 3.07. The highest BCUT2D eigenvalue weighted by molar-refractivity contribution is 5.96. The predicted octanol–water partition coefficient (Wildman–Crippen LogP) is 2.94. The Balaban J connectivity index is 2.14. The van der Waals surface area contributed by atoms with Crippen LogP contribution in [0.5, 0.6) is 11.6 Å². The molecular formula is C15H12F2N6O3. The van der Waals surface area contributed by atoms with E-state index in [1.165, 1.54) is 18.3 Å². The van der Waals surface area contributed by atoms with E-state index in [-0.39, 0.29) is 11.6 Å². The van der Waals surface area contributed by atoms with Crippen molar-refractivity contribution in [3.05, 3.63) is 47.9 Å². The molecule has 0 fully saturated rings. The van der Waals surface area contributed by atoms with E-state index >= 15 is 0 Å². The van der Waals surface area contributed by atoms with E-state index in [4.69, 9.17) is 4.74 Å². The van der Waals surface area contributed by atoms with Crippen molar-refractivity contribution in [2.75, 3.05) is 5.32 Å². The molecule has 26 heavy (non-hydrogen) atoms. The van der Waals surface area contributed by atoms with E-state index in [1.807, 2.05) is 0 Å². The summed E-state index contributed by atoms with van der Waals surface area (Å²) in [5, 5.41) is 21.6. The highest BCUT2D eigenvalue weighted by Crippen LogP contribution is 2.33. The number of carbonyl (C=O) groups is 1. The highest BCUT2D eigenvalue weighted by atomic mass is 19.3. The first-order chi connectivity index (χ1) is 12.3. The number of aromatic carboxylic acids is 1. The van der Waals surface area contributed by atoms with Crippen molar-refractivity contribution in [1.29, 1.82) is 0 Å². The zero-order valence-electron chi connectivity index (χ0n) is 13.3. The average molecular weight is 362 g/mol. The second-order valence-electron chi connectivity index (χ2n) is 5.16. The summed E-state index contributed by atoms with van der Waals surface area (Å²) < 4.78 is 33.0. The summed E-state index contributed by atoms with van der Waals surface area (Å²) in [6.45, 7) is 0.592. The van der Waals surface area contributed by atoms with Crippen molar-refractivity contribution >= 4 is 17.6 Å². The van der Waals surface area contributed by atoms with Gasteiger partial charge in [0.1, 0.15) is 5.75 Å². The lowest BCUT2D eigenvalue weighted by atomic mass is 10.2. The molecular weight excluding hydrogens is 350 g/mol. The minimum absolute atomic E-state index is 0.0854. The molecule has 0 aliphatic rings. The topological polar surface area (TPSA) is 126 Å². The van der Waals surface area contributed by atoms with Gasteiger partial charge in [-0.05, 0) is 12.1 Å². The Morgan fingerprint density at radius 3 is 2.58 bits per heavy atom. The Morgan fingerprint density at radius 1 is 1.27 bits per heavy atom. The van der Waals surface area contributed by atoms with Gasteiger partial charge in [-0.3, -0.25) is 0 Å². The molecule has 1 aromatic carbocycles. The van der Waals surface area contributed by atoms with Crippen LogP contribution in [0.25, 0.3) is 0 Å². The van der Waals surface area contributed by atoms with Crippen molar-refractivity contribution in [3.63, 3.8) is 0 Å². The fraction of sp³-hybridized carbons (Fsp3) is 0.133. The number of carboxylic acids is 1. The fourth-order valence-electron chi connectivity index (χ4n) is 1.98. The van der Waals surface area contributed by atoms with Gasteiger partial charge in [-0.15, -0.1) is 5.10 Å². The van der Waals surface area contributed by atoms with Crippen molar-refractivity contribution in [1.82, 2.24) is 25.4 Å². The largest absolute Gasteiger partial charge is 0.477 e. The number of para-hydroxylation sites is 1. The van der Waals surface area contributed by atoms with Crippen LogP contribution in [-0.2, 0) is 5.92 Å². The minimum atomic E-state index is -3.42. The van der Waals surface area contributed by atoms with Crippen LogP contribution in [0.15, 0.2) is 36.5 Å². The molecule has 3 rings (SSSR count). The first kappa shape index (κ1) is 17.2. The summed E-state index contributed by atoms with van der Waals surface area (Å²) in [5.41, 5.74) is -0.523. The van der Waals surface area contributed by atoms with Gasteiger partial charge in [-0.1, -0.05) is 18.2 Å². The Kier molecular flexibility index (Phi) is 4.43. The number of carboxylic acid groups (broad SMARTS) is 1. The Labute approximate surface area is 145 Å². The highest BCUT2D eigenvalue weighted by Gasteiger charge is 2.33. The minimum Gasteiger partial charge on any atom is -0.477 e. The van der Waals surface area contributed by atoms with E-state index < -0.39 is 35.0 Å². The number of nitrogens with zero attached hydrogens (tertiary/aromatic N) is 4. The van der Waals surface area contributed by atoms with Crippen molar-refractivity contribution in [2.45, 2.75) is 12.8 Å². The molecule has 2 heterocycles. The molecule has 0 aliphatic heterocycles. The van der Waals surface area contributed by atoms with Crippen molar-refractivity contribution in [2.24, 2.45) is 0 Å².